The molecule has 0 spiro atoms. The van der Waals surface area contributed by atoms with Crippen molar-refractivity contribution < 1.29 is 24.0 Å². The van der Waals surface area contributed by atoms with Crippen LogP contribution in [0.25, 0.3) is 0 Å². The number of nitro benzene ring substituents is 1. The molecule has 25 heavy (non-hydrogen) atoms. The topological polar surface area (TPSA) is 134 Å². The highest BCUT2D eigenvalue weighted by atomic mass is 16.6. The number of nitrogens with two attached hydrogens (primary N) is 1. The second kappa shape index (κ2) is 7.77. The van der Waals surface area contributed by atoms with Crippen molar-refractivity contribution in [1.29, 1.82) is 0 Å². The Kier molecular flexibility index (Phi) is 5.51. The number of anilines is 2. The molecule has 0 heterocycles. The molecule has 0 saturated carbocycles. The highest BCUT2D eigenvalue weighted by Crippen LogP contribution is 2.23. The van der Waals surface area contributed by atoms with Crippen molar-refractivity contribution in [1.82, 2.24) is 0 Å². The van der Waals surface area contributed by atoms with E-state index < -0.39 is 23.4 Å². The number of benzene rings is 2. The first-order chi connectivity index (χ1) is 11.9. The molecule has 0 fully saturated rings. The van der Waals surface area contributed by atoms with Crippen LogP contribution in [0.5, 0.6) is 5.75 Å². The molecule has 3 N–H and O–H groups in total. The summed E-state index contributed by atoms with van der Waals surface area (Å²) in [6.07, 6.45) is 0. The molecule has 0 unspecified atom stereocenters. The normalized spacial score (nSPS) is 9.96. The molecule has 2 rings (SSSR count). The number of methoxy groups -OCH3 is 1. The number of para-hydroxylation sites is 2. The average molecular weight is 345 g/mol. The third-order valence-electron chi connectivity index (χ3n) is 3.18. The van der Waals surface area contributed by atoms with E-state index in [0.717, 1.165) is 12.1 Å². The zero-order valence-electron chi connectivity index (χ0n) is 13.2. The van der Waals surface area contributed by atoms with E-state index in [1.165, 1.54) is 13.2 Å². The molecule has 2 aromatic carbocycles. The first kappa shape index (κ1) is 17.7. The van der Waals surface area contributed by atoms with E-state index in [9.17, 15) is 19.7 Å². The van der Waals surface area contributed by atoms with Crippen molar-refractivity contribution >= 4 is 28.9 Å². The first-order valence-corrected chi connectivity index (χ1v) is 7.06. The smallest absolute Gasteiger partial charge is 0.340 e. The number of carbonyl (C=O) groups excluding carboxylic acids is 2. The summed E-state index contributed by atoms with van der Waals surface area (Å²) in [7, 11) is 1.46. The fourth-order valence-corrected chi connectivity index (χ4v) is 1.99. The minimum atomic E-state index is -0.859. The molecule has 0 bridgehead atoms. The number of amides is 1. The number of esters is 1. The number of nitrogen functional groups attached to an aromatic ring is 1. The minimum absolute atomic E-state index is 0.0595. The van der Waals surface area contributed by atoms with E-state index in [0.29, 0.717) is 11.4 Å². The number of nitrogens with zero attached hydrogens (tertiary/aromatic N) is 1. The standard InChI is InChI=1S/C16H15N3O6/c1-24-14-5-3-2-4-13(14)18-15(20)9-25-16(21)11-7-6-10(19(22)23)8-12(11)17/h2-8H,9,17H2,1H3,(H,18,20). The van der Waals surface area contributed by atoms with Crippen LogP contribution in [0.2, 0.25) is 0 Å². The molecule has 1 amide bonds. The summed E-state index contributed by atoms with van der Waals surface area (Å²) in [5.41, 5.74) is 5.62. The first-order valence-electron chi connectivity index (χ1n) is 7.06. The molecule has 9 heteroatoms. The Hall–Kier alpha value is -3.62. The summed E-state index contributed by atoms with van der Waals surface area (Å²) < 4.78 is 9.97. The van der Waals surface area contributed by atoms with Gasteiger partial charge in [-0.15, -0.1) is 0 Å². The van der Waals surface area contributed by atoms with Gasteiger partial charge in [-0.2, -0.15) is 0 Å². The lowest BCUT2D eigenvalue weighted by atomic mass is 10.1. The summed E-state index contributed by atoms with van der Waals surface area (Å²) in [5.74, 6) is -0.970. The molecular weight excluding hydrogens is 330 g/mol. The summed E-state index contributed by atoms with van der Waals surface area (Å²) >= 11 is 0. The predicted octanol–water partition coefficient (Wildman–Crippen LogP) is 1.98. The summed E-state index contributed by atoms with van der Waals surface area (Å²) in [4.78, 5) is 33.8. The zero-order chi connectivity index (χ0) is 18.4. The van der Waals surface area contributed by atoms with Crippen LogP contribution in [0.4, 0.5) is 17.1 Å². The van der Waals surface area contributed by atoms with Crippen molar-refractivity contribution in [3.63, 3.8) is 0 Å². The van der Waals surface area contributed by atoms with Gasteiger partial charge >= 0.3 is 5.97 Å². The van der Waals surface area contributed by atoms with Crippen LogP contribution in [-0.2, 0) is 9.53 Å². The Morgan fingerprint density at radius 1 is 1.24 bits per heavy atom. The zero-order valence-corrected chi connectivity index (χ0v) is 13.2. The highest BCUT2D eigenvalue weighted by molar-refractivity contribution is 5.98. The van der Waals surface area contributed by atoms with Crippen molar-refractivity contribution in [3.8, 4) is 5.75 Å². The average Bonchev–Trinajstić information content (AvgIpc) is 2.60. The Bertz CT molecular complexity index is 821. The summed E-state index contributed by atoms with van der Waals surface area (Å²) in [6, 6.07) is 10.1. The monoisotopic (exact) mass is 345 g/mol. The fraction of sp³-hybridized carbons (Fsp3) is 0.125. The fourth-order valence-electron chi connectivity index (χ4n) is 1.99. The molecule has 0 radical (unpaired) electrons. The third kappa shape index (κ3) is 4.44. The van der Waals surface area contributed by atoms with Gasteiger partial charge in [0.05, 0.1) is 29.0 Å². The summed E-state index contributed by atoms with van der Waals surface area (Å²) in [6.45, 7) is -0.548. The highest BCUT2D eigenvalue weighted by Gasteiger charge is 2.17. The molecular formula is C16H15N3O6. The van der Waals surface area contributed by atoms with Crippen LogP contribution in [0.15, 0.2) is 42.5 Å². The van der Waals surface area contributed by atoms with E-state index >= 15 is 0 Å². The SMILES string of the molecule is COc1ccccc1NC(=O)COC(=O)c1ccc([N+](=O)[O-])cc1N. The number of carbonyl (C=O) groups is 2. The second-order valence-corrected chi connectivity index (χ2v) is 4.85. The lowest BCUT2D eigenvalue weighted by Crippen LogP contribution is -2.21. The number of nitro groups is 1. The quantitative estimate of drug-likeness (QED) is 0.354. The van der Waals surface area contributed by atoms with E-state index in [1.54, 1.807) is 24.3 Å². The predicted molar refractivity (Wildman–Crippen MR) is 89.4 cm³/mol. The molecule has 0 aromatic heterocycles. The number of ether oxygens (including phenoxy) is 2. The van der Waals surface area contributed by atoms with E-state index in [1.807, 2.05) is 0 Å². The van der Waals surface area contributed by atoms with Crippen LogP contribution < -0.4 is 15.8 Å². The van der Waals surface area contributed by atoms with E-state index in [-0.39, 0.29) is 16.9 Å². The minimum Gasteiger partial charge on any atom is -0.495 e. The van der Waals surface area contributed by atoms with E-state index in [2.05, 4.69) is 5.32 Å². The number of hydrogen-bond donors (Lipinski definition) is 2. The third-order valence-corrected chi connectivity index (χ3v) is 3.18. The Morgan fingerprint density at radius 2 is 1.96 bits per heavy atom. The largest absolute Gasteiger partial charge is 0.495 e. The van der Waals surface area contributed by atoms with Crippen LogP contribution >= 0.6 is 0 Å². The van der Waals surface area contributed by atoms with Gasteiger partial charge in [0, 0.05) is 12.1 Å². The van der Waals surface area contributed by atoms with Gasteiger partial charge in [0.25, 0.3) is 11.6 Å². The number of nitrogens with one attached hydrogen (secondary N) is 1. The Balaban J connectivity index is 1.97. The van der Waals surface area contributed by atoms with Crippen LogP contribution in [0, 0.1) is 10.1 Å². The number of hydrogen-bond acceptors (Lipinski definition) is 7. The van der Waals surface area contributed by atoms with Crippen LogP contribution in [0.3, 0.4) is 0 Å². The second-order valence-electron chi connectivity index (χ2n) is 4.85. The number of non-ortho nitro benzene ring substituents is 1. The molecule has 0 aliphatic rings. The van der Waals surface area contributed by atoms with Gasteiger partial charge in [-0.1, -0.05) is 12.1 Å². The lowest BCUT2D eigenvalue weighted by molar-refractivity contribution is -0.384. The van der Waals surface area contributed by atoms with Gasteiger partial charge in [-0.25, -0.2) is 4.79 Å². The molecule has 0 saturated heterocycles. The van der Waals surface area contributed by atoms with Crippen molar-refractivity contribution in [2.45, 2.75) is 0 Å². The van der Waals surface area contributed by atoms with Crippen LogP contribution in [0.1, 0.15) is 10.4 Å². The van der Waals surface area contributed by atoms with Gasteiger partial charge in [-0.3, -0.25) is 14.9 Å². The van der Waals surface area contributed by atoms with E-state index in [4.69, 9.17) is 15.2 Å². The van der Waals surface area contributed by atoms with Crippen molar-refractivity contribution in [2.75, 3.05) is 24.8 Å². The molecule has 0 aliphatic heterocycles. The maximum absolute atomic E-state index is 11.9. The number of rotatable bonds is 6. The summed E-state index contributed by atoms with van der Waals surface area (Å²) in [5, 5.41) is 13.2. The lowest BCUT2D eigenvalue weighted by Gasteiger charge is -2.10. The van der Waals surface area contributed by atoms with Gasteiger partial charge < -0.3 is 20.5 Å². The maximum atomic E-state index is 11.9. The molecule has 9 nitrogen and oxygen atoms in total. The van der Waals surface area contributed by atoms with Crippen molar-refractivity contribution in [2.24, 2.45) is 0 Å². The van der Waals surface area contributed by atoms with Gasteiger partial charge in [0.15, 0.2) is 6.61 Å². The molecule has 2 aromatic rings. The van der Waals surface area contributed by atoms with Crippen LogP contribution in [-0.4, -0.2) is 30.5 Å². The Labute approximate surface area is 142 Å². The molecule has 0 aliphatic carbocycles. The van der Waals surface area contributed by atoms with Gasteiger partial charge in [-0.05, 0) is 18.2 Å². The van der Waals surface area contributed by atoms with Gasteiger partial charge in [0.1, 0.15) is 5.75 Å². The molecule has 0 atom stereocenters. The Morgan fingerprint density at radius 3 is 2.60 bits per heavy atom. The van der Waals surface area contributed by atoms with Gasteiger partial charge in [0.2, 0.25) is 0 Å². The molecule has 130 valence electrons. The van der Waals surface area contributed by atoms with Crippen molar-refractivity contribution in [3.05, 3.63) is 58.1 Å². The maximum Gasteiger partial charge on any atom is 0.340 e.